The van der Waals surface area contributed by atoms with Gasteiger partial charge in [0.25, 0.3) is 0 Å². The van der Waals surface area contributed by atoms with Gasteiger partial charge in [-0.2, -0.15) is 26.3 Å². The molecular weight excluding hydrogens is 790 g/mol. The van der Waals surface area contributed by atoms with Crippen molar-refractivity contribution in [3.8, 4) is 52.4 Å². The molecule has 0 N–H and O–H groups in total. The minimum Gasteiger partial charge on any atom is -0.423 e. The second-order valence-corrected chi connectivity index (χ2v) is 11.3. The van der Waals surface area contributed by atoms with Crippen LogP contribution in [0.4, 0.5) is 26.3 Å². The molecular formula is C43H24F6O10. The van der Waals surface area contributed by atoms with E-state index in [1.807, 2.05) is 0 Å². The van der Waals surface area contributed by atoms with Gasteiger partial charge >= 0.3 is 42.2 Å². The van der Waals surface area contributed by atoms with Gasteiger partial charge in [-0.25, -0.2) is 24.0 Å². The number of ether oxygens (including phenoxy) is 5. The summed E-state index contributed by atoms with van der Waals surface area (Å²) in [6, 6.07) is 17.8. The molecule has 16 heteroatoms. The highest BCUT2D eigenvalue weighted by atomic mass is 19.4. The number of hydrogen-bond donors (Lipinski definition) is 0. The molecule has 4 aromatic rings. The quantitative estimate of drug-likeness (QED) is 0.0511. The van der Waals surface area contributed by atoms with Crippen LogP contribution in [0.5, 0.6) is 28.7 Å². The number of carbonyl (C=O) groups is 5. The lowest BCUT2D eigenvalue weighted by molar-refractivity contribution is -0.143. The second-order valence-electron chi connectivity index (χ2n) is 11.3. The van der Waals surface area contributed by atoms with E-state index in [-0.39, 0.29) is 51.0 Å². The zero-order valence-corrected chi connectivity index (χ0v) is 29.9. The van der Waals surface area contributed by atoms with Crippen LogP contribution < -0.4 is 23.7 Å². The molecule has 0 aromatic heterocycles. The van der Waals surface area contributed by atoms with E-state index in [0.29, 0.717) is 5.56 Å². The Hall–Kier alpha value is -8.11. The van der Waals surface area contributed by atoms with Crippen LogP contribution in [-0.4, -0.2) is 42.2 Å². The van der Waals surface area contributed by atoms with Gasteiger partial charge in [-0.1, -0.05) is 50.0 Å². The Balaban J connectivity index is 1.55. The summed E-state index contributed by atoms with van der Waals surface area (Å²) in [4.78, 5) is 60.4. The molecule has 10 nitrogen and oxygen atoms in total. The number of rotatable bonds is 10. The maximum Gasteiger partial charge on any atom is 0.422 e. The van der Waals surface area contributed by atoms with Crippen LogP contribution in [0.1, 0.15) is 32.6 Å². The summed E-state index contributed by atoms with van der Waals surface area (Å²) in [5.74, 6) is 4.40. The summed E-state index contributed by atoms with van der Waals surface area (Å²) in [6.45, 7) is 12.1. The zero-order chi connectivity index (χ0) is 43.5. The van der Waals surface area contributed by atoms with E-state index >= 15 is 0 Å². The molecule has 0 amide bonds. The van der Waals surface area contributed by atoms with E-state index in [9.17, 15) is 50.3 Å². The molecule has 298 valence electrons. The van der Waals surface area contributed by atoms with Crippen LogP contribution in [0.25, 0.3) is 0 Å². The van der Waals surface area contributed by atoms with Crippen LogP contribution in [-0.2, 0) is 19.2 Å². The normalized spacial score (nSPS) is 10.5. The lowest BCUT2D eigenvalue weighted by Gasteiger charge is -2.10. The molecule has 0 fully saturated rings. The number of benzene rings is 4. The highest BCUT2D eigenvalue weighted by Gasteiger charge is 2.39. The van der Waals surface area contributed by atoms with Gasteiger partial charge in [-0.15, -0.1) is 0 Å². The Morgan fingerprint density at radius 2 is 0.831 bits per heavy atom. The smallest absolute Gasteiger partial charge is 0.422 e. The Morgan fingerprint density at radius 3 is 1.17 bits per heavy atom. The predicted molar refractivity (Wildman–Crippen MR) is 196 cm³/mol. The number of hydrogen-bond acceptors (Lipinski definition) is 10. The maximum absolute atomic E-state index is 12.7. The van der Waals surface area contributed by atoms with Crippen molar-refractivity contribution in [2.45, 2.75) is 12.4 Å². The van der Waals surface area contributed by atoms with Gasteiger partial charge in [-0.3, -0.25) is 0 Å². The molecule has 0 aliphatic heterocycles. The molecule has 59 heavy (non-hydrogen) atoms. The Kier molecular flexibility index (Phi) is 13.8. The van der Waals surface area contributed by atoms with E-state index in [4.69, 9.17) is 14.2 Å². The highest BCUT2D eigenvalue weighted by molar-refractivity contribution is 5.93. The molecule has 0 unspecified atom stereocenters. The molecule has 0 atom stereocenters. The van der Waals surface area contributed by atoms with E-state index in [0.717, 1.165) is 24.3 Å². The molecule has 0 aliphatic carbocycles. The third-order valence-corrected chi connectivity index (χ3v) is 7.13. The molecule has 4 aromatic carbocycles. The SMILES string of the molecule is C=CC(=O)Oc1cc(C#Cc2ccc(OC(=O)c3ccc(OC(=O)C(=C)C(F)(F)F)cc3)cc2)c(OC(=O)C=C)cc1C#Cc1ccc(OC(=O)C(=C)C(F)(F)F)cc1. The molecule has 0 radical (unpaired) electrons. The molecule has 0 saturated carbocycles. The fourth-order valence-corrected chi connectivity index (χ4v) is 4.11. The Bertz CT molecular complexity index is 2490. The number of esters is 5. The van der Waals surface area contributed by atoms with Crippen molar-refractivity contribution in [3.63, 3.8) is 0 Å². The monoisotopic (exact) mass is 814 g/mol. The standard InChI is InChI=1S/C43H24F6O10/c1-5-37(50)58-35-24-31(36(59-38(51)6-2)23-30(35)13-7-27-9-17-32(18-10-27)55-39(52)25(3)42(44,45)46)14-8-28-11-19-33(20-12-28)57-41(54)29-15-21-34(22-16-29)56-40(53)26(4)43(47,48)49/h5-6,9-12,15-24H,1-4H2. The average Bonchev–Trinajstić information content (AvgIpc) is 3.19. The number of carbonyl (C=O) groups excluding carboxylic acids is 5. The van der Waals surface area contributed by atoms with E-state index in [1.165, 1.54) is 72.8 Å². The first-order chi connectivity index (χ1) is 27.8. The van der Waals surface area contributed by atoms with Crippen molar-refractivity contribution in [1.82, 2.24) is 0 Å². The van der Waals surface area contributed by atoms with Gasteiger partial charge in [-0.05, 0) is 72.8 Å². The van der Waals surface area contributed by atoms with Crippen LogP contribution in [0.15, 0.2) is 135 Å². The maximum atomic E-state index is 12.7. The van der Waals surface area contributed by atoms with Crippen LogP contribution in [0.2, 0.25) is 0 Å². The third-order valence-electron chi connectivity index (χ3n) is 7.13. The molecule has 0 saturated heterocycles. The van der Waals surface area contributed by atoms with Gasteiger partial charge in [0.1, 0.15) is 39.9 Å². The number of halogens is 6. The van der Waals surface area contributed by atoms with Crippen molar-refractivity contribution < 1.29 is 74.0 Å². The summed E-state index contributed by atoms with van der Waals surface area (Å²) in [5, 5.41) is 0. The largest absolute Gasteiger partial charge is 0.423 e. The zero-order valence-electron chi connectivity index (χ0n) is 29.9. The minimum absolute atomic E-state index is 0.0174. The van der Waals surface area contributed by atoms with Gasteiger partial charge < -0.3 is 23.7 Å². The van der Waals surface area contributed by atoms with Crippen LogP contribution >= 0.6 is 0 Å². The molecule has 0 bridgehead atoms. The van der Waals surface area contributed by atoms with Gasteiger partial charge in [0.2, 0.25) is 0 Å². The van der Waals surface area contributed by atoms with Gasteiger partial charge in [0.15, 0.2) is 0 Å². The van der Waals surface area contributed by atoms with Crippen LogP contribution in [0, 0.1) is 23.7 Å². The first-order valence-corrected chi connectivity index (χ1v) is 16.2. The molecule has 0 heterocycles. The lowest BCUT2D eigenvalue weighted by atomic mass is 10.1. The van der Waals surface area contributed by atoms with Crippen molar-refractivity contribution in [1.29, 1.82) is 0 Å². The summed E-state index contributed by atoms with van der Waals surface area (Å²) in [7, 11) is 0. The van der Waals surface area contributed by atoms with E-state index < -0.39 is 53.3 Å². The summed E-state index contributed by atoms with van der Waals surface area (Å²) >= 11 is 0. The first-order valence-electron chi connectivity index (χ1n) is 16.2. The van der Waals surface area contributed by atoms with Gasteiger partial charge in [0.05, 0.1) is 16.7 Å². The van der Waals surface area contributed by atoms with Gasteiger partial charge in [0, 0.05) is 35.4 Å². The van der Waals surface area contributed by atoms with Crippen molar-refractivity contribution in [2.24, 2.45) is 0 Å². The second kappa shape index (κ2) is 18.7. The molecule has 4 rings (SSSR count). The third kappa shape index (κ3) is 12.4. The minimum atomic E-state index is -4.98. The average molecular weight is 815 g/mol. The van der Waals surface area contributed by atoms with Crippen molar-refractivity contribution in [3.05, 3.63) is 162 Å². The van der Waals surface area contributed by atoms with Crippen LogP contribution in [0.3, 0.4) is 0 Å². The highest BCUT2D eigenvalue weighted by Crippen LogP contribution is 2.30. The Morgan fingerprint density at radius 1 is 0.492 bits per heavy atom. The van der Waals surface area contributed by atoms with E-state index in [1.54, 1.807) is 0 Å². The molecule has 0 aliphatic rings. The summed E-state index contributed by atoms with van der Waals surface area (Å²) in [5.41, 5.74) is -2.73. The number of alkyl halides is 6. The first kappa shape index (κ1) is 43.6. The molecule has 0 spiro atoms. The predicted octanol–water partition coefficient (Wildman–Crippen LogP) is 7.94. The lowest BCUT2D eigenvalue weighted by Crippen LogP contribution is -2.23. The van der Waals surface area contributed by atoms with Crippen molar-refractivity contribution in [2.75, 3.05) is 0 Å². The topological polar surface area (TPSA) is 132 Å². The van der Waals surface area contributed by atoms with Crippen molar-refractivity contribution >= 4 is 29.8 Å². The Labute approximate surface area is 330 Å². The summed E-state index contributed by atoms with van der Waals surface area (Å²) < 4.78 is 102. The fourth-order valence-electron chi connectivity index (χ4n) is 4.11. The van der Waals surface area contributed by atoms with E-state index in [2.05, 4.69) is 59.5 Å². The summed E-state index contributed by atoms with van der Waals surface area (Å²) in [6.07, 6.45) is -8.20. The fraction of sp³-hybridized carbons (Fsp3) is 0.0465.